The van der Waals surface area contributed by atoms with Crippen LogP contribution in [0, 0.1) is 0 Å². The van der Waals surface area contributed by atoms with E-state index in [4.69, 9.17) is 15.3 Å². The van der Waals surface area contributed by atoms with E-state index in [1.807, 2.05) is 0 Å². The van der Waals surface area contributed by atoms with Crippen molar-refractivity contribution in [1.29, 1.82) is 0 Å². The standard InChI is InChI=1S/C4H6O5.Li.H/c5-2(4(8)9)1-3(6)7;;/h2,5H,1H2,(H,6,7)(H,8,9);;/q;+1;-1. The van der Waals surface area contributed by atoms with Gasteiger partial charge in [0.25, 0.3) is 0 Å². The van der Waals surface area contributed by atoms with Crippen molar-refractivity contribution in [2.45, 2.75) is 12.5 Å². The average Bonchev–Trinajstić information content (AvgIpc) is 1.63. The van der Waals surface area contributed by atoms with Gasteiger partial charge in [-0.3, -0.25) is 4.79 Å². The average molecular weight is 142 g/mol. The topological polar surface area (TPSA) is 94.8 Å². The van der Waals surface area contributed by atoms with Crippen molar-refractivity contribution < 1.29 is 45.2 Å². The fourth-order valence-corrected chi connectivity index (χ4v) is 0.253. The summed E-state index contributed by atoms with van der Waals surface area (Å²) in [4.78, 5) is 19.4. The first-order chi connectivity index (χ1) is 4.04. The number of hydrogen-bond donors (Lipinski definition) is 3. The number of aliphatic hydroxyl groups excluding tert-OH is 1. The zero-order valence-electron chi connectivity index (χ0n) is 6.44. The Morgan fingerprint density at radius 1 is 1.40 bits per heavy atom. The van der Waals surface area contributed by atoms with Gasteiger partial charge in [-0.05, 0) is 0 Å². The Hall–Kier alpha value is -0.503. The molecule has 54 valence electrons. The van der Waals surface area contributed by atoms with Crippen molar-refractivity contribution in [3.05, 3.63) is 0 Å². The Balaban J connectivity index is -0.000000320. The molecule has 0 aliphatic rings. The van der Waals surface area contributed by atoms with Gasteiger partial charge in [-0.25, -0.2) is 4.79 Å². The van der Waals surface area contributed by atoms with Crippen molar-refractivity contribution in [1.82, 2.24) is 0 Å². The minimum atomic E-state index is -1.79. The van der Waals surface area contributed by atoms with Crippen molar-refractivity contribution in [2.24, 2.45) is 0 Å². The number of aliphatic carboxylic acids is 2. The van der Waals surface area contributed by atoms with Crippen LogP contribution in [-0.4, -0.2) is 33.4 Å². The number of hydrogen-bond acceptors (Lipinski definition) is 3. The Morgan fingerprint density at radius 2 is 1.80 bits per heavy atom. The van der Waals surface area contributed by atoms with Gasteiger partial charge in [-0.2, -0.15) is 0 Å². The second kappa shape index (κ2) is 5.30. The van der Waals surface area contributed by atoms with Crippen LogP contribution in [0.2, 0.25) is 0 Å². The minimum Gasteiger partial charge on any atom is -1.00 e. The second-order valence-corrected chi connectivity index (χ2v) is 1.45. The molecule has 0 spiro atoms. The number of carboxylic acid groups (broad SMARTS) is 2. The Morgan fingerprint density at radius 3 is 1.90 bits per heavy atom. The zero-order valence-corrected chi connectivity index (χ0v) is 5.44. The first-order valence-corrected chi connectivity index (χ1v) is 2.16. The molecular weight excluding hydrogens is 135 g/mol. The van der Waals surface area contributed by atoms with Gasteiger partial charge in [-0.15, -0.1) is 0 Å². The largest absolute Gasteiger partial charge is 1.00 e. The number of carboxylic acids is 2. The van der Waals surface area contributed by atoms with Crippen LogP contribution in [0.1, 0.15) is 7.85 Å². The van der Waals surface area contributed by atoms with E-state index < -0.39 is 24.5 Å². The molecule has 0 aromatic rings. The van der Waals surface area contributed by atoms with Gasteiger partial charge in [0.2, 0.25) is 0 Å². The molecule has 0 aromatic heterocycles. The van der Waals surface area contributed by atoms with Gasteiger partial charge in [0, 0.05) is 0 Å². The predicted molar refractivity (Wildman–Crippen MR) is 27.0 cm³/mol. The molecule has 3 N–H and O–H groups in total. The van der Waals surface area contributed by atoms with Gasteiger partial charge in [0.15, 0.2) is 6.10 Å². The van der Waals surface area contributed by atoms with E-state index in [-0.39, 0.29) is 20.3 Å². The molecule has 0 aromatic carbocycles. The molecule has 0 saturated heterocycles. The van der Waals surface area contributed by atoms with Crippen LogP contribution in [-0.2, 0) is 9.59 Å². The van der Waals surface area contributed by atoms with E-state index in [0.717, 1.165) is 0 Å². The maximum absolute atomic E-state index is 9.72. The fourth-order valence-electron chi connectivity index (χ4n) is 0.253. The monoisotopic (exact) mass is 142 g/mol. The molecule has 0 heterocycles. The predicted octanol–water partition coefficient (Wildman–Crippen LogP) is -3.98. The van der Waals surface area contributed by atoms with Crippen LogP contribution < -0.4 is 18.9 Å². The molecule has 1 atom stereocenters. The first kappa shape index (κ1) is 12.2. The maximum atomic E-state index is 9.72. The summed E-state index contributed by atoms with van der Waals surface area (Å²) < 4.78 is 0. The normalized spacial score (nSPS) is 11.3. The molecule has 0 bridgehead atoms. The molecule has 10 heavy (non-hydrogen) atoms. The van der Waals surface area contributed by atoms with Gasteiger partial charge in [0.05, 0.1) is 6.42 Å². The molecule has 5 nitrogen and oxygen atoms in total. The third-order valence-corrected chi connectivity index (χ3v) is 0.653. The number of aliphatic hydroxyl groups is 1. The Kier molecular flexibility index (Phi) is 6.46. The van der Waals surface area contributed by atoms with Crippen LogP contribution in [0.15, 0.2) is 0 Å². The van der Waals surface area contributed by atoms with E-state index >= 15 is 0 Å². The Bertz CT molecular complexity index is 138. The zero-order chi connectivity index (χ0) is 7.44. The van der Waals surface area contributed by atoms with Gasteiger partial charge in [-0.1, -0.05) is 0 Å². The molecule has 0 amide bonds. The van der Waals surface area contributed by atoms with Crippen LogP contribution in [0.25, 0.3) is 0 Å². The number of carbonyl (C=O) groups is 2. The van der Waals surface area contributed by atoms with Crippen molar-refractivity contribution in [3.63, 3.8) is 0 Å². The minimum absolute atomic E-state index is 0. The van der Waals surface area contributed by atoms with E-state index in [9.17, 15) is 9.59 Å². The van der Waals surface area contributed by atoms with E-state index in [1.54, 1.807) is 0 Å². The van der Waals surface area contributed by atoms with Crippen molar-refractivity contribution in [2.75, 3.05) is 0 Å². The molecule has 1 unspecified atom stereocenters. The third-order valence-electron chi connectivity index (χ3n) is 0.653. The summed E-state index contributed by atoms with van der Waals surface area (Å²) in [7, 11) is 0. The second-order valence-electron chi connectivity index (χ2n) is 1.45. The van der Waals surface area contributed by atoms with Gasteiger partial charge >= 0.3 is 30.8 Å². The molecule has 6 heteroatoms. The third kappa shape index (κ3) is 5.63. The van der Waals surface area contributed by atoms with Crippen LogP contribution in [0.5, 0.6) is 0 Å². The molecule has 0 aliphatic heterocycles. The molecule has 0 aliphatic carbocycles. The number of rotatable bonds is 3. The van der Waals surface area contributed by atoms with Gasteiger partial charge in [0.1, 0.15) is 0 Å². The summed E-state index contributed by atoms with van der Waals surface area (Å²) in [6.45, 7) is 0. The molecule has 0 saturated carbocycles. The van der Waals surface area contributed by atoms with Crippen molar-refractivity contribution >= 4 is 11.9 Å². The SMILES string of the molecule is O=C(O)CC(O)C(=O)O.[H-].[Li+]. The molecule has 0 rings (SSSR count). The van der Waals surface area contributed by atoms with E-state index in [2.05, 4.69) is 0 Å². The van der Waals surface area contributed by atoms with Crippen LogP contribution >= 0.6 is 0 Å². The summed E-state index contributed by atoms with van der Waals surface area (Å²) >= 11 is 0. The summed E-state index contributed by atoms with van der Waals surface area (Å²) in [6.07, 6.45) is -2.54. The first-order valence-electron chi connectivity index (χ1n) is 2.16. The molecular formula is C4H7LiO5. The van der Waals surface area contributed by atoms with Gasteiger partial charge < -0.3 is 16.7 Å². The summed E-state index contributed by atoms with van der Waals surface area (Å²) in [5, 5.41) is 24.1. The molecule has 0 fully saturated rings. The fraction of sp³-hybridized carbons (Fsp3) is 0.500. The smallest absolute Gasteiger partial charge is 1.00 e. The Labute approximate surface area is 70.3 Å². The maximum Gasteiger partial charge on any atom is 1.00 e. The quantitative estimate of drug-likeness (QED) is 0.349. The van der Waals surface area contributed by atoms with Crippen molar-refractivity contribution in [3.8, 4) is 0 Å². The van der Waals surface area contributed by atoms with E-state index in [1.165, 1.54) is 0 Å². The summed E-state index contributed by atoms with van der Waals surface area (Å²) in [5.41, 5.74) is 0. The summed E-state index contributed by atoms with van der Waals surface area (Å²) in [6, 6.07) is 0. The summed E-state index contributed by atoms with van der Waals surface area (Å²) in [5.74, 6) is -2.85. The van der Waals surface area contributed by atoms with Crippen LogP contribution in [0.4, 0.5) is 0 Å². The molecule has 0 radical (unpaired) electrons. The van der Waals surface area contributed by atoms with Crippen LogP contribution in [0.3, 0.4) is 0 Å². The van der Waals surface area contributed by atoms with E-state index in [0.29, 0.717) is 0 Å².